The Bertz CT molecular complexity index is 1180. The zero-order chi connectivity index (χ0) is 23.3. The highest BCUT2D eigenvalue weighted by Gasteiger charge is 2.47. The maximum absolute atomic E-state index is 12.9. The first-order chi connectivity index (χ1) is 15.9. The Labute approximate surface area is 184 Å². The smallest absolute Gasteiger partial charge is 0.256 e. The Morgan fingerprint density at radius 3 is 2.79 bits per heavy atom. The zero-order valence-corrected chi connectivity index (χ0v) is 17.3. The first-order valence-electron chi connectivity index (χ1n) is 10.3. The third-order valence-electron chi connectivity index (χ3n) is 5.56. The first-order valence-corrected chi connectivity index (χ1v) is 10.3. The summed E-state index contributed by atoms with van der Waals surface area (Å²) in [6.07, 6.45) is -3.19. The number of likely N-dealkylation sites (N-methyl/N-ethyl adjacent to an activating group) is 1. The van der Waals surface area contributed by atoms with E-state index < -0.39 is 43.4 Å². The van der Waals surface area contributed by atoms with Gasteiger partial charge in [0.2, 0.25) is 0 Å². The van der Waals surface area contributed by atoms with Crippen LogP contribution >= 0.6 is 0 Å². The monoisotopic (exact) mass is 465 g/mol. The van der Waals surface area contributed by atoms with E-state index in [1.54, 1.807) is 6.20 Å². The second kappa shape index (κ2) is 8.24. The molecule has 176 valence electrons. The van der Waals surface area contributed by atoms with E-state index in [0.717, 1.165) is 18.5 Å². The van der Waals surface area contributed by atoms with Gasteiger partial charge in [0.1, 0.15) is 12.2 Å². The normalized spacial score (nSPS) is 25.2. The van der Waals surface area contributed by atoms with E-state index in [9.17, 15) is 23.8 Å². The Hall–Kier alpha value is -3.30. The van der Waals surface area contributed by atoms with Crippen LogP contribution in [0.4, 0.5) is 14.6 Å². The maximum Gasteiger partial charge on any atom is 0.256 e. The minimum Gasteiger partial charge on any atom is -0.387 e. The van der Waals surface area contributed by atoms with Crippen molar-refractivity contribution in [3.63, 3.8) is 0 Å². The molecule has 3 aromatic rings. The third kappa shape index (κ3) is 3.87. The van der Waals surface area contributed by atoms with E-state index >= 15 is 0 Å². The Morgan fingerprint density at radius 1 is 1.30 bits per heavy atom. The first kappa shape index (κ1) is 21.5. The number of aliphatic hydroxyl groups excluding tert-OH is 2. The number of imidazole rings is 1. The van der Waals surface area contributed by atoms with Gasteiger partial charge in [0.05, 0.1) is 24.8 Å². The number of hydrogen-bond acceptors (Lipinski definition) is 10. The van der Waals surface area contributed by atoms with Gasteiger partial charge in [-0.2, -0.15) is 14.6 Å². The molecule has 4 heterocycles. The molecule has 3 aromatic heterocycles. The third-order valence-corrected chi connectivity index (χ3v) is 5.56. The molecular formula is C18H21F2N9O4. The van der Waals surface area contributed by atoms with Crippen LogP contribution in [0.2, 0.25) is 0 Å². The van der Waals surface area contributed by atoms with Crippen LogP contribution < -0.4 is 10.6 Å². The summed E-state index contributed by atoms with van der Waals surface area (Å²) in [4.78, 5) is 24.9. The molecule has 2 aliphatic rings. The van der Waals surface area contributed by atoms with Crippen LogP contribution in [0.25, 0.3) is 17.1 Å². The summed E-state index contributed by atoms with van der Waals surface area (Å²) in [7, 11) is 1.37. The fourth-order valence-electron chi connectivity index (χ4n) is 3.68. The van der Waals surface area contributed by atoms with Gasteiger partial charge >= 0.3 is 0 Å². The average molecular weight is 465 g/mol. The summed E-state index contributed by atoms with van der Waals surface area (Å²) in [6, 6.07) is 0. The number of nitrogens with one attached hydrogen (secondary N) is 2. The summed E-state index contributed by atoms with van der Waals surface area (Å²) < 4.78 is 34.0. The number of alkyl halides is 2. The van der Waals surface area contributed by atoms with Gasteiger partial charge in [-0.05, 0) is 12.8 Å². The maximum atomic E-state index is 12.9. The molecule has 5 rings (SSSR count). The summed E-state index contributed by atoms with van der Waals surface area (Å²) in [6.45, 7) is -0.677. The molecule has 1 unspecified atom stereocenters. The predicted molar refractivity (Wildman–Crippen MR) is 107 cm³/mol. The van der Waals surface area contributed by atoms with Crippen molar-refractivity contribution in [2.45, 2.75) is 49.7 Å². The molecule has 1 saturated heterocycles. The number of halogens is 2. The van der Waals surface area contributed by atoms with E-state index in [1.165, 1.54) is 22.6 Å². The molecule has 0 radical (unpaired) electrons. The van der Waals surface area contributed by atoms with Crippen LogP contribution in [-0.4, -0.2) is 89.0 Å². The molecule has 1 amide bonds. The van der Waals surface area contributed by atoms with Crippen molar-refractivity contribution in [2.75, 3.05) is 18.9 Å². The summed E-state index contributed by atoms with van der Waals surface area (Å²) >= 11 is 0. The Morgan fingerprint density at radius 2 is 2.09 bits per heavy atom. The van der Waals surface area contributed by atoms with E-state index in [0.29, 0.717) is 5.92 Å². The van der Waals surface area contributed by atoms with Gasteiger partial charge in [-0.15, -0.1) is 5.10 Å². The number of anilines is 1. The second-order valence-corrected chi connectivity index (χ2v) is 7.87. The highest BCUT2D eigenvalue weighted by molar-refractivity contribution is 5.84. The predicted octanol–water partition coefficient (Wildman–Crippen LogP) is -0.673. The lowest BCUT2D eigenvalue weighted by atomic mass is 10.1. The van der Waals surface area contributed by atoms with Gasteiger partial charge < -0.3 is 25.6 Å². The molecule has 0 spiro atoms. The van der Waals surface area contributed by atoms with Gasteiger partial charge in [0.15, 0.2) is 29.3 Å². The molecule has 0 bridgehead atoms. The lowest BCUT2D eigenvalue weighted by molar-refractivity contribution is -0.137. The van der Waals surface area contributed by atoms with E-state index in [4.69, 9.17) is 4.74 Å². The largest absolute Gasteiger partial charge is 0.387 e. The van der Waals surface area contributed by atoms with E-state index in [-0.39, 0.29) is 22.9 Å². The molecule has 4 atom stereocenters. The van der Waals surface area contributed by atoms with E-state index in [2.05, 4.69) is 35.9 Å². The van der Waals surface area contributed by atoms with Gasteiger partial charge in [-0.25, -0.2) is 13.8 Å². The van der Waals surface area contributed by atoms with Crippen molar-refractivity contribution >= 4 is 22.9 Å². The van der Waals surface area contributed by atoms with Gasteiger partial charge in [0, 0.05) is 13.0 Å². The average Bonchev–Trinajstić information content (AvgIpc) is 3.25. The van der Waals surface area contributed by atoms with Crippen molar-refractivity contribution < 1.29 is 28.5 Å². The molecule has 1 aliphatic carbocycles. The van der Waals surface area contributed by atoms with Crippen LogP contribution in [-0.2, 0) is 9.53 Å². The SMILES string of the molecule is CNC(=O)C1O[C@@H](n2cnc3c(NCC(F)F)nc(-n4cc(C5CC5)nn4)nc32)[C@H](O)[C@@H]1O. The highest BCUT2D eigenvalue weighted by atomic mass is 19.3. The van der Waals surface area contributed by atoms with Crippen molar-refractivity contribution in [1.82, 2.24) is 39.8 Å². The number of aliphatic hydroxyl groups is 2. The van der Waals surface area contributed by atoms with Gasteiger partial charge in [-0.1, -0.05) is 5.21 Å². The molecule has 33 heavy (non-hydrogen) atoms. The van der Waals surface area contributed by atoms with Gasteiger partial charge in [0.25, 0.3) is 18.3 Å². The number of rotatable bonds is 7. The molecular weight excluding hydrogens is 444 g/mol. The number of aromatic nitrogens is 7. The molecule has 1 saturated carbocycles. The minimum atomic E-state index is -2.64. The van der Waals surface area contributed by atoms with Crippen molar-refractivity contribution in [2.24, 2.45) is 0 Å². The van der Waals surface area contributed by atoms with E-state index in [1.807, 2.05) is 0 Å². The van der Waals surface area contributed by atoms with Crippen LogP contribution in [0.3, 0.4) is 0 Å². The summed E-state index contributed by atoms with van der Waals surface area (Å²) in [5.74, 6) is -0.224. The zero-order valence-electron chi connectivity index (χ0n) is 17.3. The molecule has 0 aromatic carbocycles. The molecule has 2 fully saturated rings. The second-order valence-electron chi connectivity index (χ2n) is 7.87. The van der Waals surface area contributed by atoms with Crippen LogP contribution in [0.5, 0.6) is 0 Å². The minimum absolute atomic E-state index is 0.0217. The number of carbonyl (C=O) groups is 1. The highest BCUT2D eigenvalue weighted by Crippen LogP contribution is 2.39. The number of ether oxygens (including phenoxy) is 1. The standard InChI is InChI=1S/C18H21F2N9O4/c1-21-16(32)13-11(30)12(31)17(33-13)28-6-23-10-14(22-4-9(19)20)24-18(25-15(10)28)29-5-8(26-27-29)7-2-3-7/h5-7,9,11-13,17,30-31H,2-4H2,1H3,(H,21,32)(H,22,24,25)/t11-,12+,13?,17+/m0/s1. The molecule has 15 heteroatoms. The van der Waals surface area contributed by atoms with Crippen molar-refractivity contribution in [1.29, 1.82) is 0 Å². The number of fused-ring (bicyclic) bond motifs is 1. The Balaban J connectivity index is 1.57. The van der Waals surface area contributed by atoms with Crippen LogP contribution in [0, 0.1) is 0 Å². The van der Waals surface area contributed by atoms with Crippen molar-refractivity contribution in [3.8, 4) is 5.95 Å². The molecule has 13 nitrogen and oxygen atoms in total. The van der Waals surface area contributed by atoms with Crippen LogP contribution in [0.15, 0.2) is 12.5 Å². The fraction of sp³-hybridized carbons (Fsp3) is 0.556. The summed E-state index contributed by atoms with van der Waals surface area (Å²) in [5, 5.41) is 33.8. The quantitative estimate of drug-likeness (QED) is 0.351. The van der Waals surface area contributed by atoms with Gasteiger partial charge in [-0.3, -0.25) is 9.36 Å². The number of carbonyl (C=O) groups excluding carboxylic acids is 1. The fourth-order valence-corrected chi connectivity index (χ4v) is 3.68. The number of hydrogen-bond donors (Lipinski definition) is 4. The number of nitrogens with zero attached hydrogens (tertiary/aromatic N) is 7. The molecule has 1 aliphatic heterocycles. The van der Waals surface area contributed by atoms with Crippen molar-refractivity contribution in [3.05, 3.63) is 18.2 Å². The topological polar surface area (TPSA) is 165 Å². The molecule has 4 N–H and O–H groups in total. The lowest BCUT2D eigenvalue weighted by Crippen LogP contribution is -2.41. The van der Waals surface area contributed by atoms with Crippen LogP contribution in [0.1, 0.15) is 30.7 Å². The summed E-state index contributed by atoms with van der Waals surface area (Å²) in [5.41, 5.74) is 1.03. The Kier molecular flexibility index (Phi) is 5.38. The lowest BCUT2D eigenvalue weighted by Gasteiger charge is -2.17. The number of amides is 1.